The van der Waals surface area contributed by atoms with Crippen LogP contribution in [0.4, 0.5) is 0 Å². The van der Waals surface area contributed by atoms with Gasteiger partial charge in [-0.2, -0.15) is 0 Å². The summed E-state index contributed by atoms with van der Waals surface area (Å²) in [5, 5.41) is 18.0. The lowest BCUT2D eigenvalue weighted by molar-refractivity contribution is 0.185. The summed E-state index contributed by atoms with van der Waals surface area (Å²) in [6.45, 7) is 3.95. The number of halogens is 2. The van der Waals surface area contributed by atoms with Gasteiger partial charge in [-0.25, -0.2) is 0 Å². The van der Waals surface area contributed by atoms with Gasteiger partial charge in [0.05, 0.1) is 23.7 Å². The molecule has 0 saturated carbocycles. The van der Waals surface area contributed by atoms with Crippen LogP contribution in [0.15, 0.2) is 22.6 Å². The summed E-state index contributed by atoms with van der Waals surface area (Å²) in [6, 6.07) is 5.09. The van der Waals surface area contributed by atoms with Crippen LogP contribution in [0.3, 0.4) is 0 Å². The number of hydrogen-bond donors (Lipinski definition) is 1. The van der Waals surface area contributed by atoms with E-state index in [1.165, 1.54) is 0 Å². The molecule has 0 aliphatic heterocycles. The summed E-state index contributed by atoms with van der Waals surface area (Å²) in [4.78, 5) is 2.00. The summed E-state index contributed by atoms with van der Waals surface area (Å²) >= 11 is 12.0. The molecule has 1 aromatic carbocycles. The summed E-state index contributed by atoms with van der Waals surface area (Å²) in [5.41, 5.74) is 0.653. The monoisotopic (exact) mass is 315 g/mol. The van der Waals surface area contributed by atoms with E-state index in [0.29, 0.717) is 40.5 Å². The van der Waals surface area contributed by atoms with Crippen LogP contribution < -0.4 is 0 Å². The second-order valence-electron chi connectivity index (χ2n) is 4.22. The zero-order chi connectivity index (χ0) is 14.5. The first-order chi connectivity index (χ1) is 9.63. The lowest BCUT2D eigenvalue weighted by atomic mass is 10.2. The molecule has 0 spiro atoms. The van der Waals surface area contributed by atoms with E-state index in [0.717, 1.165) is 6.54 Å². The summed E-state index contributed by atoms with van der Waals surface area (Å²) in [7, 11) is 0. The molecule has 1 heterocycles. The Morgan fingerprint density at radius 2 is 2.10 bits per heavy atom. The minimum Gasteiger partial charge on any atom is -0.419 e. The van der Waals surface area contributed by atoms with Crippen molar-refractivity contribution in [3.05, 3.63) is 34.1 Å². The molecule has 2 aromatic rings. The van der Waals surface area contributed by atoms with Crippen LogP contribution in [0.25, 0.3) is 11.5 Å². The van der Waals surface area contributed by atoms with E-state index in [9.17, 15) is 0 Å². The first-order valence-corrected chi connectivity index (χ1v) is 7.00. The van der Waals surface area contributed by atoms with E-state index in [1.54, 1.807) is 18.2 Å². The normalized spacial score (nSPS) is 11.2. The Hall–Kier alpha value is -1.14. The predicted octanol–water partition coefficient (Wildman–Crippen LogP) is 2.86. The Morgan fingerprint density at radius 3 is 2.75 bits per heavy atom. The van der Waals surface area contributed by atoms with Gasteiger partial charge in [-0.05, 0) is 24.7 Å². The van der Waals surface area contributed by atoms with Crippen LogP contribution >= 0.6 is 23.2 Å². The first-order valence-electron chi connectivity index (χ1n) is 6.25. The molecule has 0 aliphatic carbocycles. The Kier molecular flexibility index (Phi) is 5.37. The molecule has 7 heteroatoms. The second-order valence-corrected chi connectivity index (χ2v) is 5.06. The van der Waals surface area contributed by atoms with Crippen LogP contribution in [-0.4, -0.2) is 39.9 Å². The van der Waals surface area contributed by atoms with Crippen LogP contribution in [0.1, 0.15) is 12.8 Å². The number of aliphatic hydroxyl groups excluding tert-OH is 1. The van der Waals surface area contributed by atoms with Crippen molar-refractivity contribution in [3.63, 3.8) is 0 Å². The predicted molar refractivity (Wildman–Crippen MR) is 77.8 cm³/mol. The fraction of sp³-hybridized carbons (Fsp3) is 0.385. The number of likely N-dealkylation sites (N-methyl/N-ethyl adjacent to an activating group) is 1. The fourth-order valence-corrected chi connectivity index (χ4v) is 2.26. The topological polar surface area (TPSA) is 62.4 Å². The van der Waals surface area contributed by atoms with Crippen molar-refractivity contribution in [1.82, 2.24) is 15.1 Å². The van der Waals surface area contributed by atoms with E-state index < -0.39 is 0 Å². The van der Waals surface area contributed by atoms with Crippen molar-refractivity contribution in [2.24, 2.45) is 0 Å². The number of aromatic nitrogens is 2. The summed E-state index contributed by atoms with van der Waals surface area (Å²) in [6.07, 6.45) is 0. The van der Waals surface area contributed by atoms with Gasteiger partial charge in [0.2, 0.25) is 11.8 Å². The number of aliphatic hydroxyl groups is 1. The molecular weight excluding hydrogens is 301 g/mol. The molecular formula is C13H15Cl2N3O2. The highest BCUT2D eigenvalue weighted by Gasteiger charge is 2.14. The van der Waals surface area contributed by atoms with Crippen LogP contribution in [0.5, 0.6) is 0 Å². The lowest BCUT2D eigenvalue weighted by Gasteiger charge is -2.15. The molecule has 5 nitrogen and oxygen atoms in total. The lowest BCUT2D eigenvalue weighted by Crippen LogP contribution is -2.26. The number of benzene rings is 1. The maximum atomic E-state index is 8.95. The van der Waals surface area contributed by atoms with Crippen LogP contribution in [0, 0.1) is 0 Å². The van der Waals surface area contributed by atoms with E-state index in [4.69, 9.17) is 32.7 Å². The highest BCUT2D eigenvalue weighted by Crippen LogP contribution is 2.29. The molecule has 20 heavy (non-hydrogen) atoms. The molecule has 2 rings (SSSR count). The SMILES string of the molecule is CCN(CCO)Cc1nnc(-c2ccc(Cl)cc2Cl)o1. The van der Waals surface area contributed by atoms with Gasteiger partial charge in [-0.1, -0.05) is 30.1 Å². The zero-order valence-corrected chi connectivity index (χ0v) is 12.5. The summed E-state index contributed by atoms with van der Waals surface area (Å²) < 4.78 is 5.60. The van der Waals surface area contributed by atoms with Crippen molar-refractivity contribution in [2.45, 2.75) is 13.5 Å². The third-order valence-corrected chi connectivity index (χ3v) is 3.40. The molecule has 0 bridgehead atoms. The van der Waals surface area contributed by atoms with Crippen molar-refractivity contribution in [2.75, 3.05) is 19.7 Å². The number of hydrogen-bond acceptors (Lipinski definition) is 5. The minimum absolute atomic E-state index is 0.0951. The van der Waals surface area contributed by atoms with Gasteiger partial charge in [-0.3, -0.25) is 4.90 Å². The van der Waals surface area contributed by atoms with Gasteiger partial charge >= 0.3 is 0 Å². The average molecular weight is 316 g/mol. The molecule has 0 unspecified atom stereocenters. The van der Waals surface area contributed by atoms with Crippen LogP contribution in [-0.2, 0) is 6.54 Å². The first kappa shape index (κ1) is 15.3. The molecule has 0 atom stereocenters. The smallest absolute Gasteiger partial charge is 0.249 e. The van der Waals surface area contributed by atoms with Crippen molar-refractivity contribution >= 4 is 23.2 Å². The van der Waals surface area contributed by atoms with E-state index in [-0.39, 0.29) is 6.61 Å². The molecule has 0 radical (unpaired) electrons. The van der Waals surface area contributed by atoms with Gasteiger partial charge in [0.1, 0.15) is 0 Å². The van der Waals surface area contributed by atoms with E-state index in [2.05, 4.69) is 10.2 Å². The molecule has 1 aromatic heterocycles. The van der Waals surface area contributed by atoms with E-state index >= 15 is 0 Å². The van der Waals surface area contributed by atoms with Gasteiger partial charge in [0.25, 0.3) is 0 Å². The third-order valence-electron chi connectivity index (χ3n) is 2.85. The highest BCUT2D eigenvalue weighted by atomic mass is 35.5. The largest absolute Gasteiger partial charge is 0.419 e. The molecule has 0 aliphatic rings. The third kappa shape index (κ3) is 3.70. The Bertz CT molecular complexity index is 574. The van der Waals surface area contributed by atoms with Crippen LogP contribution in [0.2, 0.25) is 10.0 Å². The minimum atomic E-state index is 0.0951. The average Bonchev–Trinajstić information content (AvgIpc) is 2.86. The van der Waals surface area contributed by atoms with Crippen molar-refractivity contribution in [3.8, 4) is 11.5 Å². The molecule has 0 amide bonds. The second kappa shape index (κ2) is 7.04. The Labute approximate surface area is 127 Å². The van der Waals surface area contributed by atoms with E-state index in [1.807, 2.05) is 11.8 Å². The maximum Gasteiger partial charge on any atom is 0.249 e. The van der Waals surface area contributed by atoms with Gasteiger partial charge < -0.3 is 9.52 Å². The quantitative estimate of drug-likeness (QED) is 0.888. The molecule has 0 saturated heterocycles. The van der Waals surface area contributed by atoms with Gasteiger partial charge in [0.15, 0.2) is 0 Å². The standard InChI is InChI=1S/C13H15Cl2N3O2/c1-2-18(5-6-19)8-12-16-17-13(20-12)10-4-3-9(14)7-11(10)15/h3-4,7,19H,2,5-6,8H2,1H3. The maximum absolute atomic E-state index is 8.95. The molecule has 108 valence electrons. The molecule has 0 fully saturated rings. The fourth-order valence-electron chi connectivity index (χ4n) is 1.77. The Morgan fingerprint density at radius 1 is 1.30 bits per heavy atom. The molecule has 1 N–H and O–H groups in total. The Balaban J connectivity index is 2.16. The number of rotatable bonds is 6. The van der Waals surface area contributed by atoms with Crippen molar-refractivity contribution in [1.29, 1.82) is 0 Å². The van der Waals surface area contributed by atoms with Gasteiger partial charge in [0, 0.05) is 11.6 Å². The highest BCUT2D eigenvalue weighted by molar-refractivity contribution is 6.36. The van der Waals surface area contributed by atoms with Crippen molar-refractivity contribution < 1.29 is 9.52 Å². The summed E-state index contributed by atoms with van der Waals surface area (Å²) in [5.74, 6) is 0.850. The van der Waals surface area contributed by atoms with Gasteiger partial charge in [-0.15, -0.1) is 10.2 Å². The number of nitrogens with zero attached hydrogens (tertiary/aromatic N) is 3. The zero-order valence-electron chi connectivity index (χ0n) is 11.0.